The van der Waals surface area contributed by atoms with Crippen LogP contribution in [0.15, 0.2) is 30.3 Å². The van der Waals surface area contributed by atoms with Gasteiger partial charge in [0.15, 0.2) is 6.61 Å². The van der Waals surface area contributed by atoms with E-state index in [0.29, 0.717) is 24.3 Å². The van der Waals surface area contributed by atoms with E-state index in [2.05, 4.69) is 22.3 Å². The fourth-order valence-electron chi connectivity index (χ4n) is 6.05. The van der Waals surface area contributed by atoms with Gasteiger partial charge in [-0.1, -0.05) is 18.2 Å². The van der Waals surface area contributed by atoms with Gasteiger partial charge in [0, 0.05) is 25.8 Å². The van der Waals surface area contributed by atoms with Crippen molar-refractivity contribution in [2.75, 3.05) is 31.6 Å². The molecule has 4 bridgehead atoms. The minimum Gasteiger partial charge on any atom is -0.455 e. The molecule has 1 amide bonds. The number of anilines is 1. The van der Waals surface area contributed by atoms with Crippen molar-refractivity contribution in [3.05, 3.63) is 30.3 Å². The summed E-state index contributed by atoms with van der Waals surface area (Å²) in [7, 11) is 2.05. The van der Waals surface area contributed by atoms with Gasteiger partial charge in [0.05, 0.1) is 5.41 Å². The molecule has 152 valence electrons. The Morgan fingerprint density at radius 3 is 2.29 bits per heavy atom. The molecule has 5 rings (SSSR count). The van der Waals surface area contributed by atoms with Crippen molar-refractivity contribution in [2.24, 2.45) is 23.2 Å². The summed E-state index contributed by atoms with van der Waals surface area (Å²) < 4.78 is 5.47. The number of carbonyl (C=O) groups excluding carboxylic acids is 2. The number of ether oxygens (including phenoxy) is 1. The molecule has 0 saturated heterocycles. The van der Waals surface area contributed by atoms with Crippen LogP contribution in [-0.2, 0) is 14.3 Å². The first-order valence-corrected chi connectivity index (χ1v) is 10.7. The quantitative estimate of drug-likeness (QED) is 0.551. The lowest BCUT2D eigenvalue weighted by Crippen LogP contribution is -2.51. The van der Waals surface area contributed by atoms with Crippen LogP contribution in [0.3, 0.4) is 0 Å². The second-order valence-electron chi connectivity index (χ2n) is 9.23. The van der Waals surface area contributed by atoms with Crippen molar-refractivity contribution in [3.63, 3.8) is 0 Å². The number of para-hydroxylation sites is 1. The lowest BCUT2D eigenvalue weighted by Gasteiger charge is -2.55. The highest BCUT2D eigenvalue weighted by atomic mass is 16.5. The summed E-state index contributed by atoms with van der Waals surface area (Å²) in [6.07, 6.45) is 7.67. The third kappa shape index (κ3) is 4.18. The van der Waals surface area contributed by atoms with Crippen molar-refractivity contribution >= 4 is 17.6 Å². The zero-order chi connectivity index (χ0) is 19.6. The number of nitrogens with zero attached hydrogens (tertiary/aromatic N) is 1. The van der Waals surface area contributed by atoms with E-state index < -0.39 is 0 Å². The highest BCUT2D eigenvalue weighted by molar-refractivity contribution is 5.83. The Hall–Kier alpha value is -2.04. The van der Waals surface area contributed by atoms with Crippen LogP contribution in [0.1, 0.15) is 44.9 Å². The van der Waals surface area contributed by atoms with Crippen LogP contribution in [0.4, 0.5) is 5.69 Å². The Labute approximate surface area is 167 Å². The Morgan fingerprint density at radius 1 is 1.07 bits per heavy atom. The Bertz CT molecular complexity index is 668. The standard InChI is InChI=1S/C23H32N2O3/c1-25(20-6-3-2-4-7-20)9-5-8-24-21(26)16-28-22(27)23-13-17-10-18(14-23)12-19(11-17)15-23/h2-4,6-7,17-19H,5,8-16H2,1H3,(H,24,26). The summed E-state index contributed by atoms with van der Waals surface area (Å²) in [5.41, 5.74) is 0.881. The van der Waals surface area contributed by atoms with E-state index in [-0.39, 0.29) is 23.9 Å². The molecular weight excluding hydrogens is 352 g/mol. The van der Waals surface area contributed by atoms with Gasteiger partial charge in [0.1, 0.15) is 0 Å². The van der Waals surface area contributed by atoms with Crippen molar-refractivity contribution in [3.8, 4) is 0 Å². The first kappa shape index (κ1) is 19.3. The van der Waals surface area contributed by atoms with Crippen molar-refractivity contribution in [1.29, 1.82) is 0 Å². The summed E-state index contributed by atoms with van der Waals surface area (Å²) in [4.78, 5) is 27.0. The highest BCUT2D eigenvalue weighted by Gasteiger charge is 2.55. The number of esters is 1. The van der Waals surface area contributed by atoms with Gasteiger partial charge in [0.2, 0.25) is 0 Å². The van der Waals surface area contributed by atoms with E-state index in [1.807, 2.05) is 25.2 Å². The summed E-state index contributed by atoms with van der Waals surface area (Å²) in [6.45, 7) is 1.30. The zero-order valence-corrected chi connectivity index (χ0v) is 16.9. The Balaban J connectivity index is 1.15. The molecule has 0 heterocycles. The SMILES string of the molecule is CN(CCCNC(=O)COC(=O)C12CC3CC(CC(C3)C1)C2)c1ccccc1. The number of rotatable bonds is 8. The van der Waals surface area contributed by atoms with Gasteiger partial charge in [-0.05, 0) is 74.8 Å². The molecule has 0 radical (unpaired) electrons. The predicted molar refractivity (Wildman–Crippen MR) is 109 cm³/mol. The van der Waals surface area contributed by atoms with Crippen molar-refractivity contribution < 1.29 is 14.3 Å². The van der Waals surface area contributed by atoms with E-state index in [1.165, 1.54) is 24.9 Å². The number of hydrogen-bond acceptors (Lipinski definition) is 4. The molecule has 1 N–H and O–H groups in total. The van der Waals surface area contributed by atoms with Gasteiger partial charge in [-0.3, -0.25) is 9.59 Å². The highest BCUT2D eigenvalue weighted by Crippen LogP contribution is 2.60. The van der Waals surface area contributed by atoms with Crippen LogP contribution in [0.25, 0.3) is 0 Å². The normalized spacial score (nSPS) is 30.1. The van der Waals surface area contributed by atoms with Gasteiger partial charge in [-0.15, -0.1) is 0 Å². The maximum absolute atomic E-state index is 12.8. The maximum Gasteiger partial charge on any atom is 0.312 e. The second-order valence-corrected chi connectivity index (χ2v) is 9.23. The summed E-state index contributed by atoms with van der Waals surface area (Å²) in [5.74, 6) is 1.80. The van der Waals surface area contributed by atoms with Gasteiger partial charge in [-0.2, -0.15) is 0 Å². The lowest BCUT2D eigenvalue weighted by molar-refractivity contribution is -0.173. The first-order chi connectivity index (χ1) is 13.5. The fourth-order valence-corrected chi connectivity index (χ4v) is 6.05. The number of hydrogen-bond donors (Lipinski definition) is 1. The zero-order valence-electron chi connectivity index (χ0n) is 16.9. The van der Waals surface area contributed by atoms with Crippen LogP contribution in [0, 0.1) is 23.2 Å². The van der Waals surface area contributed by atoms with E-state index in [4.69, 9.17) is 4.74 Å². The molecule has 4 fully saturated rings. The van der Waals surface area contributed by atoms with Gasteiger partial charge < -0.3 is 15.0 Å². The minimum absolute atomic E-state index is 0.120. The average molecular weight is 385 g/mol. The molecule has 28 heavy (non-hydrogen) atoms. The molecule has 4 aliphatic carbocycles. The van der Waals surface area contributed by atoms with E-state index >= 15 is 0 Å². The summed E-state index contributed by atoms with van der Waals surface area (Å²) in [6, 6.07) is 10.2. The fraction of sp³-hybridized carbons (Fsp3) is 0.652. The second kappa shape index (κ2) is 8.14. The Morgan fingerprint density at radius 2 is 1.68 bits per heavy atom. The molecule has 1 aromatic rings. The number of amides is 1. The van der Waals surface area contributed by atoms with Crippen molar-refractivity contribution in [2.45, 2.75) is 44.9 Å². The molecule has 4 saturated carbocycles. The number of carbonyl (C=O) groups is 2. The van der Waals surface area contributed by atoms with Crippen LogP contribution in [0.2, 0.25) is 0 Å². The number of nitrogens with one attached hydrogen (secondary N) is 1. The average Bonchev–Trinajstić information content (AvgIpc) is 2.69. The van der Waals surface area contributed by atoms with Gasteiger partial charge >= 0.3 is 5.97 Å². The monoisotopic (exact) mass is 384 g/mol. The van der Waals surface area contributed by atoms with Crippen molar-refractivity contribution in [1.82, 2.24) is 5.32 Å². The topological polar surface area (TPSA) is 58.6 Å². The van der Waals surface area contributed by atoms with Crippen LogP contribution in [0.5, 0.6) is 0 Å². The first-order valence-electron chi connectivity index (χ1n) is 10.7. The molecular formula is C23H32N2O3. The van der Waals surface area contributed by atoms with E-state index in [9.17, 15) is 9.59 Å². The molecule has 0 aromatic heterocycles. The predicted octanol–water partition coefficient (Wildman–Crippen LogP) is 3.39. The smallest absolute Gasteiger partial charge is 0.312 e. The third-order valence-electron chi connectivity index (χ3n) is 7.00. The van der Waals surface area contributed by atoms with Gasteiger partial charge in [0.25, 0.3) is 5.91 Å². The Kier molecular flexibility index (Phi) is 5.61. The van der Waals surface area contributed by atoms with E-state index in [1.54, 1.807) is 0 Å². The van der Waals surface area contributed by atoms with Gasteiger partial charge in [-0.25, -0.2) is 0 Å². The molecule has 0 aliphatic heterocycles. The third-order valence-corrected chi connectivity index (χ3v) is 7.00. The minimum atomic E-state index is -0.284. The molecule has 0 unspecified atom stereocenters. The lowest BCUT2D eigenvalue weighted by atomic mass is 9.49. The van der Waals surface area contributed by atoms with E-state index in [0.717, 1.165) is 32.2 Å². The largest absolute Gasteiger partial charge is 0.455 e. The summed E-state index contributed by atoms with van der Waals surface area (Å²) >= 11 is 0. The molecule has 5 nitrogen and oxygen atoms in total. The molecule has 5 heteroatoms. The molecule has 4 aliphatic rings. The van der Waals surface area contributed by atoms with Crippen LogP contribution >= 0.6 is 0 Å². The summed E-state index contributed by atoms with van der Waals surface area (Å²) in [5, 5.41) is 2.88. The molecule has 0 spiro atoms. The maximum atomic E-state index is 12.8. The van der Waals surface area contributed by atoms with Crippen LogP contribution < -0.4 is 10.2 Å². The molecule has 1 aromatic carbocycles. The number of benzene rings is 1. The van der Waals surface area contributed by atoms with Crippen LogP contribution in [-0.4, -0.2) is 38.6 Å². The molecule has 0 atom stereocenters.